The Morgan fingerprint density at radius 3 is 2.46 bits per heavy atom. The molecular formula is C22H23F4N5O4. The molecule has 1 amide bonds. The number of fused-ring (bicyclic) bond motifs is 1. The molecule has 1 aliphatic heterocycles. The molecule has 4 rings (SSSR count). The highest BCUT2D eigenvalue weighted by atomic mass is 19.2. The van der Waals surface area contributed by atoms with Crippen LogP contribution in [0.15, 0.2) is 34.0 Å². The summed E-state index contributed by atoms with van der Waals surface area (Å²) in [4.78, 5) is 44.5. The van der Waals surface area contributed by atoms with Crippen molar-refractivity contribution in [3.05, 3.63) is 74.2 Å². The minimum atomic E-state index is -1.46. The molecule has 3 aromatic rings. The molecule has 0 aliphatic carbocycles. The quantitative estimate of drug-likeness (QED) is 0.529. The van der Waals surface area contributed by atoms with E-state index in [0.717, 1.165) is 44.6 Å². The fourth-order valence-electron chi connectivity index (χ4n) is 3.31. The van der Waals surface area contributed by atoms with Crippen molar-refractivity contribution in [2.24, 2.45) is 0 Å². The Morgan fingerprint density at radius 2 is 1.86 bits per heavy atom. The van der Waals surface area contributed by atoms with Crippen LogP contribution in [0.2, 0.25) is 0 Å². The minimum absolute atomic E-state index is 0.225. The number of hydrogen-bond acceptors (Lipinski definition) is 6. The summed E-state index contributed by atoms with van der Waals surface area (Å²) in [6.07, 6.45) is 0.761. The van der Waals surface area contributed by atoms with Gasteiger partial charge in [-0.15, -0.1) is 0 Å². The second-order valence-corrected chi connectivity index (χ2v) is 7.83. The van der Waals surface area contributed by atoms with Crippen molar-refractivity contribution < 1.29 is 27.1 Å². The third-order valence-electron chi connectivity index (χ3n) is 5.20. The van der Waals surface area contributed by atoms with Crippen LogP contribution in [-0.4, -0.2) is 58.7 Å². The number of H-pyrrole nitrogens is 1. The maximum atomic E-state index is 13.9. The summed E-state index contributed by atoms with van der Waals surface area (Å²) in [5.41, 5.74) is -2.71. The molecule has 1 unspecified atom stereocenters. The van der Waals surface area contributed by atoms with Gasteiger partial charge in [-0.1, -0.05) is 0 Å². The number of hydrogen-bond donors (Lipinski definition) is 2. The molecule has 0 bridgehead atoms. The lowest BCUT2D eigenvalue weighted by Crippen LogP contribution is -2.41. The smallest absolute Gasteiger partial charge is 0.329 e. The normalized spacial score (nSPS) is 14.8. The number of pyridine rings is 1. The Balaban J connectivity index is 0.000000420. The van der Waals surface area contributed by atoms with E-state index < -0.39 is 58.4 Å². The minimum Gasteiger partial charge on any atom is -0.379 e. The highest BCUT2D eigenvalue weighted by molar-refractivity contribution is 5.79. The van der Waals surface area contributed by atoms with Gasteiger partial charge in [-0.25, -0.2) is 22.4 Å². The number of morpholine rings is 1. The topological polar surface area (TPSA) is 109 Å². The third-order valence-corrected chi connectivity index (χ3v) is 5.20. The number of carbonyl (C=O) groups excluding carboxylic acids is 1. The SMILES string of the molecule is CC(NC(=O)Cn1c(=O)[nH]c2ccc(F)c(F)c2c1=O)c1ncc(F)cc1F.CN1CCOCC1. The lowest BCUT2D eigenvalue weighted by atomic mass is 10.2. The van der Waals surface area contributed by atoms with E-state index in [9.17, 15) is 31.9 Å². The molecule has 0 saturated carbocycles. The fraction of sp³-hybridized carbons (Fsp3) is 0.364. The zero-order valence-corrected chi connectivity index (χ0v) is 18.9. The molecular weight excluding hydrogens is 474 g/mol. The summed E-state index contributed by atoms with van der Waals surface area (Å²) in [5.74, 6) is -5.55. The van der Waals surface area contributed by atoms with Gasteiger partial charge in [0.1, 0.15) is 23.6 Å². The summed E-state index contributed by atoms with van der Waals surface area (Å²) in [5, 5.41) is 1.57. The van der Waals surface area contributed by atoms with Crippen molar-refractivity contribution in [1.82, 2.24) is 24.8 Å². The molecule has 1 saturated heterocycles. The van der Waals surface area contributed by atoms with E-state index in [1.165, 1.54) is 6.92 Å². The van der Waals surface area contributed by atoms with Crippen LogP contribution >= 0.6 is 0 Å². The number of aromatic nitrogens is 3. The van der Waals surface area contributed by atoms with E-state index >= 15 is 0 Å². The standard InChI is InChI=1S/C17H12F4N4O3.C5H11NO/c1-7(15-10(20)4-8(18)5-22-15)23-12(26)6-25-16(27)13-11(24-17(25)28)3-2-9(19)14(13)21;1-6-2-4-7-5-3-6/h2-5,7H,6H2,1H3,(H,23,26)(H,24,28);2-5H2,1H3. The second-order valence-electron chi connectivity index (χ2n) is 7.83. The number of carbonyl (C=O) groups is 1. The lowest BCUT2D eigenvalue weighted by molar-refractivity contribution is -0.122. The molecule has 1 atom stereocenters. The third kappa shape index (κ3) is 6.31. The first-order chi connectivity index (χ1) is 16.6. The van der Waals surface area contributed by atoms with Crippen molar-refractivity contribution in [2.45, 2.75) is 19.5 Å². The zero-order valence-electron chi connectivity index (χ0n) is 18.9. The van der Waals surface area contributed by atoms with Crippen molar-refractivity contribution in [3.63, 3.8) is 0 Å². The molecule has 2 aromatic heterocycles. The molecule has 0 radical (unpaired) electrons. The lowest BCUT2D eigenvalue weighted by Gasteiger charge is -2.21. The molecule has 3 heterocycles. The molecule has 9 nitrogen and oxygen atoms in total. The fourth-order valence-corrected chi connectivity index (χ4v) is 3.31. The zero-order chi connectivity index (χ0) is 25.7. The Kier molecular flexibility index (Phi) is 8.35. The van der Waals surface area contributed by atoms with Crippen LogP contribution in [0.5, 0.6) is 0 Å². The van der Waals surface area contributed by atoms with E-state index in [2.05, 4.69) is 27.2 Å². The molecule has 0 spiro atoms. The van der Waals surface area contributed by atoms with Crippen molar-refractivity contribution in [3.8, 4) is 0 Å². The van der Waals surface area contributed by atoms with Gasteiger partial charge < -0.3 is 19.9 Å². The summed E-state index contributed by atoms with van der Waals surface area (Å²) in [6, 6.07) is 1.33. The maximum Gasteiger partial charge on any atom is 0.329 e. The first kappa shape index (κ1) is 26.0. The van der Waals surface area contributed by atoms with Crippen LogP contribution in [0.25, 0.3) is 10.9 Å². The summed E-state index contributed by atoms with van der Waals surface area (Å²) in [6.45, 7) is 4.53. The van der Waals surface area contributed by atoms with Crippen molar-refractivity contribution in [2.75, 3.05) is 33.4 Å². The van der Waals surface area contributed by atoms with Gasteiger partial charge >= 0.3 is 5.69 Å². The van der Waals surface area contributed by atoms with Crippen LogP contribution in [0.1, 0.15) is 18.7 Å². The number of amides is 1. The predicted octanol–water partition coefficient (Wildman–Crippen LogP) is 1.47. The van der Waals surface area contributed by atoms with Crippen LogP contribution in [0.4, 0.5) is 17.6 Å². The average Bonchev–Trinajstić information content (AvgIpc) is 2.80. The van der Waals surface area contributed by atoms with Gasteiger partial charge in [-0.2, -0.15) is 0 Å². The number of aromatic amines is 1. The molecule has 2 N–H and O–H groups in total. The van der Waals surface area contributed by atoms with Crippen LogP contribution in [0, 0.1) is 23.3 Å². The molecule has 13 heteroatoms. The highest BCUT2D eigenvalue weighted by Gasteiger charge is 2.19. The number of rotatable bonds is 4. The van der Waals surface area contributed by atoms with E-state index in [4.69, 9.17) is 4.74 Å². The number of benzene rings is 1. The Hall–Kier alpha value is -3.58. The number of nitrogens with one attached hydrogen (secondary N) is 2. The first-order valence-electron chi connectivity index (χ1n) is 10.6. The predicted molar refractivity (Wildman–Crippen MR) is 118 cm³/mol. The van der Waals surface area contributed by atoms with Gasteiger partial charge in [-0.05, 0) is 26.1 Å². The van der Waals surface area contributed by atoms with Gasteiger partial charge in [0.15, 0.2) is 11.6 Å². The average molecular weight is 497 g/mol. The number of nitrogens with zero attached hydrogens (tertiary/aromatic N) is 3. The van der Waals surface area contributed by atoms with Gasteiger partial charge in [-0.3, -0.25) is 19.1 Å². The molecule has 1 fully saturated rings. The number of halogens is 4. The van der Waals surface area contributed by atoms with Crippen LogP contribution < -0.4 is 16.6 Å². The molecule has 188 valence electrons. The first-order valence-corrected chi connectivity index (χ1v) is 10.6. The van der Waals surface area contributed by atoms with Crippen LogP contribution in [0.3, 0.4) is 0 Å². The molecule has 1 aromatic carbocycles. The van der Waals surface area contributed by atoms with Gasteiger partial charge in [0.25, 0.3) is 5.56 Å². The van der Waals surface area contributed by atoms with Gasteiger partial charge in [0.05, 0.1) is 36.7 Å². The van der Waals surface area contributed by atoms with Gasteiger partial charge in [0.2, 0.25) is 5.91 Å². The number of ether oxygens (including phenoxy) is 1. The summed E-state index contributed by atoms with van der Waals surface area (Å²) >= 11 is 0. The summed E-state index contributed by atoms with van der Waals surface area (Å²) in [7, 11) is 2.11. The maximum absolute atomic E-state index is 13.9. The van der Waals surface area contributed by atoms with E-state index in [1.807, 2.05) is 0 Å². The Bertz CT molecular complexity index is 1340. The highest BCUT2D eigenvalue weighted by Crippen LogP contribution is 2.15. The van der Waals surface area contributed by atoms with E-state index in [-0.39, 0.29) is 11.2 Å². The largest absolute Gasteiger partial charge is 0.379 e. The van der Waals surface area contributed by atoms with Crippen LogP contribution in [-0.2, 0) is 16.1 Å². The monoisotopic (exact) mass is 497 g/mol. The number of likely N-dealkylation sites (N-methyl/N-ethyl adjacent to an activating group) is 1. The van der Waals surface area contributed by atoms with E-state index in [0.29, 0.717) is 10.6 Å². The van der Waals surface area contributed by atoms with Crippen molar-refractivity contribution >= 4 is 16.8 Å². The molecule has 1 aliphatic rings. The Morgan fingerprint density at radius 1 is 1.17 bits per heavy atom. The Labute approximate surface area is 196 Å². The second kappa shape index (κ2) is 11.2. The van der Waals surface area contributed by atoms with Crippen molar-refractivity contribution in [1.29, 1.82) is 0 Å². The van der Waals surface area contributed by atoms with E-state index in [1.54, 1.807) is 0 Å². The van der Waals surface area contributed by atoms with Gasteiger partial charge in [0, 0.05) is 19.2 Å². The summed E-state index contributed by atoms with van der Waals surface area (Å²) < 4.78 is 59.4. The molecule has 35 heavy (non-hydrogen) atoms.